The minimum Gasteiger partial charge on any atom is -0.328 e. The summed E-state index contributed by atoms with van der Waals surface area (Å²) in [7, 11) is -3.51. The van der Waals surface area contributed by atoms with E-state index >= 15 is 0 Å². The van der Waals surface area contributed by atoms with Crippen LogP contribution in [0.5, 0.6) is 0 Å². The Bertz CT molecular complexity index is 700. The van der Waals surface area contributed by atoms with Crippen LogP contribution in [0.3, 0.4) is 0 Å². The fraction of sp³-hybridized carbons (Fsp3) is 0.588. The predicted molar refractivity (Wildman–Crippen MR) is 93.2 cm³/mol. The van der Waals surface area contributed by atoms with Crippen LogP contribution in [-0.4, -0.2) is 44.3 Å². The van der Waals surface area contributed by atoms with Crippen molar-refractivity contribution in [2.75, 3.05) is 24.5 Å². The van der Waals surface area contributed by atoms with Gasteiger partial charge in [0.1, 0.15) is 0 Å². The van der Waals surface area contributed by atoms with Crippen molar-refractivity contribution in [1.29, 1.82) is 0 Å². The summed E-state index contributed by atoms with van der Waals surface area (Å²) in [5, 5.41) is 0. The van der Waals surface area contributed by atoms with Crippen LogP contribution in [0.25, 0.3) is 0 Å². The number of nitrogens with zero attached hydrogens (tertiary/aromatic N) is 2. The normalized spacial score (nSPS) is 24.3. The van der Waals surface area contributed by atoms with Crippen molar-refractivity contribution in [3.63, 3.8) is 0 Å². The molecule has 1 amide bonds. The molecule has 2 aliphatic rings. The topological polar surface area (TPSA) is 83.7 Å². The van der Waals surface area contributed by atoms with Crippen LogP contribution in [-0.2, 0) is 14.8 Å². The van der Waals surface area contributed by atoms with Crippen LogP contribution >= 0.6 is 0 Å². The second kappa shape index (κ2) is 6.82. The minimum absolute atomic E-state index is 0.00782. The quantitative estimate of drug-likeness (QED) is 0.892. The van der Waals surface area contributed by atoms with E-state index in [0.29, 0.717) is 26.1 Å². The molecule has 24 heavy (non-hydrogen) atoms. The van der Waals surface area contributed by atoms with Crippen LogP contribution in [0.4, 0.5) is 5.69 Å². The Balaban J connectivity index is 1.78. The van der Waals surface area contributed by atoms with Crippen molar-refractivity contribution >= 4 is 21.6 Å². The van der Waals surface area contributed by atoms with E-state index in [2.05, 4.69) is 0 Å². The van der Waals surface area contributed by atoms with Crippen molar-refractivity contribution in [3.05, 3.63) is 24.3 Å². The highest BCUT2D eigenvalue weighted by Crippen LogP contribution is 2.27. The zero-order chi connectivity index (χ0) is 17.3. The highest BCUT2D eigenvalue weighted by atomic mass is 32.2. The third-order valence-corrected chi connectivity index (χ3v) is 6.90. The number of benzene rings is 1. The third kappa shape index (κ3) is 3.34. The molecule has 0 saturated carbocycles. The van der Waals surface area contributed by atoms with Crippen LogP contribution < -0.4 is 10.6 Å². The molecule has 132 valence electrons. The van der Waals surface area contributed by atoms with Gasteiger partial charge in [0.25, 0.3) is 0 Å². The summed E-state index contributed by atoms with van der Waals surface area (Å²) >= 11 is 0. The van der Waals surface area contributed by atoms with Gasteiger partial charge in [0.05, 0.1) is 4.90 Å². The molecule has 0 aliphatic carbocycles. The molecule has 2 atom stereocenters. The molecule has 3 rings (SSSR count). The van der Waals surface area contributed by atoms with Gasteiger partial charge in [-0.25, -0.2) is 8.42 Å². The maximum absolute atomic E-state index is 12.9. The molecule has 6 nitrogen and oxygen atoms in total. The summed E-state index contributed by atoms with van der Waals surface area (Å²) < 4.78 is 27.3. The van der Waals surface area contributed by atoms with Crippen LogP contribution in [0.2, 0.25) is 0 Å². The highest BCUT2D eigenvalue weighted by Gasteiger charge is 2.31. The van der Waals surface area contributed by atoms with Gasteiger partial charge in [-0.1, -0.05) is 0 Å². The first-order valence-corrected chi connectivity index (χ1v) is 10.00. The molecule has 0 bridgehead atoms. The lowest BCUT2D eigenvalue weighted by atomic mass is 9.93. The number of anilines is 1. The first kappa shape index (κ1) is 17.4. The zero-order valence-electron chi connectivity index (χ0n) is 14.0. The highest BCUT2D eigenvalue weighted by molar-refractivity contribution is 7.89. The molecule has 2 fully saturated rings. The van der Waals surface area contributed by atoms with E-state index < -0.39 is 10.0 Å². The van der Waals surface area contributed by atoms with Gasteiger partial charge in [0.15, 0.2) is 0 Å². The lowest BCUT2D eigenvalue weighted by Crippen LogP contribution is -2.44. The number of nitrogens with two attached hydrogens (primary N) is 1. The fourth-order valence-corrected chi connectivity index (χ4v) is 5.03. The van der Waals surface area contributed by atoms with E-state index in [1.165, 1.54) is 0 Å². The Labute approximate surface area is 143 Å². The Morgan fingerprint density at radius 3 is 2.46 bits per heavy atom. The second-order valence-electron chi connectivity index (χ2n) is 6.77. The first-order chi connectivity index (χ1) is 11.4. The molecular weight excluding hydrogens is 326 g/mol. The Kier molecular flexibility index (Phi) is 4.94. The number of sulfonamides is 1. The largest absolute Gasteiger partial charge is 0.328 e. The molecule has 2 heterocycles. The Hall–Kier alpha value is -1.44. The van der Waals surface area contributed by atoms with Crippen LogP contribution in [0.1, 0.15) is 32.6 Å². The fourth-order valence-electron chi connectivity index (χ4n) is 3.49. The second-order valence-corrected chi connectivity index (χ2v) is 8.71. The Morgan fingerprint density at radius 2 is 1.88 bits per heavy atom. The van der Waals surface area contributed by atoms with Crippen LogP contribution in [0, 0.1) is 5.92 Å². The monoisotopic (exact) mass is 351 g/mol. The summed E-state index contributed by atoms with van der Waals surface area (Å²) in [6.45, 7) is 3.65. The number of amides is 1. The van der Waals surface area contributed by atoms with Gasteiger partial charge in [-0.3, -0.25) is 4.79 Å². The van der Waals surface area contributed by atoms with Crippen molar-refractivity contribution < 1.29 is 13.2 Å². The number of carbonyl (C=O) groups excluding carboxylic acids is 1. The predicted octanol–water partition coefficient (Wildman–Crippen LogP) is 1.56. The smallest absolute Gasteiger partial charge is 0.243 e. The van der Waals surface area contributed by atoms with E-state index in [9.17, 15) is 13.2 Å². The third-order valence-electron chi connectivity index (χ3n) is 5.02. The van der Waals surface area contributed by atoms with Gasteiger partial charge in [-0.2, -0.15) is 4.31 Å². The zero-order valence-corrected chi connectivity index (χ0v) is 14.8. The standard InChI is InChI=1S/C17H25N3O3S/c1-13(18)14-4-2-10-19(12-14)24(22,23)16-8-6-15(7-9-16)20-11-3-5-17(20)21/h6-9,13-14H,2-5,10-12,18H2,1H3/t13-,14+/m0/s1. The van der Waals surface area contributed by atoms with Crippen molar-refractivity contribution in [1.82, 2.24) is 4.31 Å². The lowest BCUT2D eigenvalue weighted by molar-refractivity contribution is -0.117. The van der Waals surface area contributed by atoms with Gasteiger partial charge in [-0.05, 0) is 56.4 Å². The van der Waals surface area contributed by atoms with E-state index in [1.54, 1.807) is 33.5 Å². The molecule has 0 aromatic heterocycles. The van der Waals surface area contributed by atoms with Gasteiger partial charge >= 0.3 is 0 Å². The van der Waals surface area contributed by atoms with Gasteiger partial charge in [0, 0.05) is 37.8 Å². The first-order valence-electron chi connectivity index (χ1n) is 8.56. The molecule has 1 aromatic rings. The number of piperidine rings is 1. The average molecular weight is 351 g/mol. The van der Waals surface area contributed by atoms with Crippen molar-refractivity contribution in [2.24, 2.45) is 11.7 Å². The van der Waals surface area contributed by atoms with Gasteiger partial charge in [0.2, 0.25) is 15.9 Å². The molecule has 0 unspecified atom stereocenters. The summed E-state index contributed by atoms with van der Waals surface area (Å²) in [6.07, 6.45) is 3.23. The van der Waals surface area contributed by atoms with E-state index in [4.69, 9.17) is 5.73 Å². The number of hydrogen-bond acceptors (Lipinski definition) is 4. The average Bonchev–Trinajstić information content (AvgIpc) is 3.01. The maximum atomic E-state index is 12.9. The molecule has 7 heteroatoms. The molecule has 2 N–H and O–H groups in total. The summed E-state index contributed by atoms with van der Waals surface area (Å²) in [4.78, 5) is 13.8. The van der Waals surface area contributed by atoms with Gasteiger partial charge in [-0.15, -0.1) is 0 Å². The lowest BCUT2D eigenvalue weighted by Gasteiger charge is -2.33. The van der Waals surface area contributed by atoms with Crippen molar-refractivity contribution in [2.45, 2.75) is 43.5 Å². The molecule has 2 aliphatic heterocycles. The van der Waals surface area contributed by atoms with Gasteiger partial charge < -0.3 is 10.6 Å². The SMILES string of the molecule is C[C@H](N)[C@@H]1CCCN(S(=O)(=O)c2ccc(N3CCCC3=O)cc2)C1. The maximum Gasteiger partial charge on any atom is 0.243 e. The number of hydrogen-bond donors (Lipinski definition) is 1. The van der Waals surface area contributed by atoms with Crippen LogP contribution in [0.15, 0.2) is 29.2 Å². The summed E-state index contributed by atoms with van der Waals surface area (Å²) in [5.41, 5.74) is 6.72. The van der Waals surface area contributed by atoms with E-state index in [1.807, 2.05) is 6.92 Å². The molecular formula is C17H25N3O3S. The summed E-state index contributed by atoms with van der Waals surface area (Å²) in [6, 6.07) is 6.65. The molecule has 0 radical (unpaired) electrons. The summed E-state index contributed by atoms with van der Waals surface area (Å²) in [5.74, 6) is 0.302. The number of carbonyl (C=O) groups is 1. The Morgan fingerprint density at radius 1 is 1.17 bits per heavy atom. The minimum atomic E-state index is -3.51. The molecule has 2 saturated heterocycles. The van der Waals surface area contributed by atoms with E-state index in [0.717, 1.165) is 24.9 Å². The number of rotatable bonds is 4. The van der Waals surface area contributed by atoms with Crippen molar-refractivity contribution in [3.8, 4) is 0 Å². The molecule has 1 aromatic carbocycles. The molecule has 0 spiro atoms. The van der Waals surface area contributed by atoms with E-state index in [-0.39, 0.29) is 22.8 Å².